The number of halogens is 2. The van der Waals surface area contributed by atoms with E-state index < -0.39 is 11.9 Å². The number of hydrogen-bond donors (Lipinski definition) is 2. The lowest BCUT2D eigenvalue weighted by Crippen LogP contribution is -2.36. The zero-order valence-electron chi connectivity index (χ0n) is 18.5. The quantitative estimate of drug-likeness (QED) is 0.479. The number of aromatic nitrogens is 1. The fourth-order valence-electron chi connectivity index (χ4n) is 3.75. The second-order valence-corrected chi connectivity index (χ2v) is 8.17. The van der Waals surface area contributed by atoms with Crippen molar-refractivity contribution < 1.29 is 28.9 Å². The zero-order chi connectivity index (χ0) is 24.5. The Morgan fingerprint density at radius 2 is 1.68 bits per heavy atom. The number of carbonyl (C=O) groups is 2. The van der Waals surface area contributed by atoms with Crippen LogP contribution in [-0.4, -0.2) is 64.5 Å². The van der Waals surface area contributed by atoms with Crippen LogP contribution < -0.4 is 0 Å². The van der Waals surface area contributed by atoms with E-state index in [9.17, 15) is 14.0 Å². The van der Waals surface area contributed by atoms with Crippen molar-refractivity contribution in [3.05, 3.63) is 77.2 Å². The molecule has 34 heavy (non-hydrogen) atoms. The van der Waals surface area contributed by atoms with Crippen LogP contribution in [0.2, 0.25) is 5.02 Å². The van der Waals surface area contributed by atoms with E-state index in [1.807, 2.05) is 18.2 Å². The number of nitrogens with zero attached hydrogens (tertiary/aromatic N) is 2. The highest BCUT2D eigenvalue weighted by Crippen LogP contribution is 2.28. The predicted octanol–water partition coefficient (Wildman–Crippen LogP) is 4.40. The Hall–Kier alpha value is -3.20. The fourth-order valence-corrected chi connectivity index (χ4v) is 3.92. The van der Waals surface area contributed by atoms with Crippen LogP contribution in [0.15, 0.2) is 60.8 Å². The number of benzene rings is 2. The first kappa shape index (κ1) is 25.4. The SMILES string of the molecule is Fc1ccc(-n2cc(CCCN3CCOCC3)c3cc(Cl)ccc32)cc1.O=C(O)/C=C\C(=O)O. The molecule has 9 heteroatoms. The first-order valence-corrected chi connectivity index (χ1v) is 11.2. The van der Waals surface area contributed by atoms with Gasteiger partial charge in [0.2, 0.25) is 0 Å². The third-order valence-corrected chi connectivity index (χ3v) is 5.58. The van der Waals surface area contributed by atoms with Crippen LogP contribution in [0.5, 0.6) is 0 Å². The number of rotatable bonds is 7. The van der Waals surface area contributed by atoms with E-state index in [-0.39, 0.29) is 5.82 Å². The molecule has 0 saturated carbocycles. The van der Waals surface area contributed by atoms with Gasteiger partial charge in [-0.1, -0.05) is 11.6 Å². The van der Waals surface area contributed by atoms with Crippen molar-refractivity contribution in [1.29, 1.82) is 0 Å². The van der Waals surface area contributed by atoms with Gasteiger partial charge in [-0.2, -0.15) is 0 Å². The van der Waals surface area contributed by atoms with Crippen molar-refractivity contribution in [3.63, 3.8) is 0 Å². The molecule has 3 aromatic rings. The molecule has 2 aromatic carbocycles. The monoisotopic (exact) mass is 488 g/mol. The summed E-state index contributed by atoms with van der Waals surface area (Å²) in [5.74, 6) is -2.74. The summed E-state index contributed by atoms with van der Waals surface area (Å²) in [7, 11) is 0. The fraction of sp³-hybridized carbons (Fsp3) is 0.280. The van der Waals surface area contributed by atoms with Gasteiger partial charge in [-0.3, -0.25) is 4.90 Å². The summed E-state index contributed by atoms with van der Waals surface area (Å²) in [5.41, 5.74) is 3.33. The molecular weight excluding hydrogens is 463 g/mol. The topological polar surface area (TPSA) is 92.0 Å². The minimum Gasteiger partial charge on any atom is -0.478 e. The van der Waals surface area contributed by atoms with Crippen LogP contribution in [-0.2, 0) is 20.7 Å². The van der Waals surface area contributed by atoms with Crippen molar-refractivity contribution in [2.45, 2.75) is 12.8 Å². The lowest BCUT2D eigenvalue weighted by atomic mass is 10.1. The number of aryl methyl sites for hydroxylation is 1. The zero-order valence-corrected chi connectivity index (χ0v) is 19.2. The highest BCUT2D eigenvalue weighted by molar-refractivity contribution is 6.31. The maximum Gasteiger partial charge on any atom is 0.328 e. The molecule has 0 amide bonds. The highest BCUT2D eigenvalue weighted by Gasteiger charge is 2.13. The molecule has 180 valence electrons. The molecule has 0 radical (unpaired) electrons. The molecule has 0 aliphatic carbocycles. The average Bonchev–Trinajstić information content (AvgIpc) is 3.17. The second-order valence-electron chi connectivity index (χ2n) is 7.73. The Balaban J connectivity index is 0.000000350. The Kier molecular flexibility index (Phi) is 9.21. The lowest BCUT2D eigenvalue weighted by molar-refractivity contribution is -0.134. The molecule has 1 saturated heterocycles. The van der Waals surface area contributed by atoms with Gasteiger partial charge in [-0.15, -0.1) is 0 Å². The van der Waals surface area contributed by atoms with E-state index in [0.717, 1.165) is 61.9 Å². The summed E-state index contributed by atoms with van der Waals surface area (Å²) in [6.07, 6.45) is 5.36. The third kappa shape index (κ3) is 7.41. The summed E-state index contributed by atoms with van der Waals surface area (Å²) >= 11 is 6.24. The molecule has 2 heterocycles. The van der Waals surface area contributed by atoms with Crippen LogP contribution in [0.25, 0.3) is 16.6 Å². The Labute approximate surface area is 201 Å². The summed E-state index contributed by atoms with van der Waals surface area (Å²) in [6, 6.07) is 12.6. The number of hydrogen-bond acceptors (Lipinski definition) is 4. The van der Waals surface area contributed by atoms with Gasteiger partial charge < -0.3 is 19.5 Å². The predicted molar refractivity (Wildman–Crippen MR) is 128 cm³/mol. The van der Waals surface area contributed by atoms with Crippen molar-refractivity contribution in [2.24, 2.45) is 0 Å². The molecule has 4 rings (SSSR count). The van der Waals surface area contributed by atoms with Gasteiger partial charge in [0.1, 0.15) is 5.82 Å². The minimum atomic E-state index is -1.26. The smallest absolute Gasteiger partial charge is 0.328 e. The van der Waals surface area contributed by atoms with E-state index in [0.29, 0.717) is 12.2 Å². The van der Waals surface area contributed by atoms with Crippen molar-refractivity contribution in [1.82, 2.24) is 9.47 Å². The molecule has 1 aliphatic heterocycles. The number of ether oxygens (including phenoxy) is 1. The van der Waals surface area contributed by atoms with Crippen LogP contribution in [0.1, 0.15) is 12.0 Å². The minimum absolute atomic E-state index is 0.223. The Morgan fingerprint density at radius 3 is 2.29 bits per heavy atom. The summed E-state index contributed by atoms with van der Waals surface area (Å²) < 4.78 is 20.8. The van der Waals surface area contributed by atoms with E-state index in [1.165, 1.54) is 23.1 Å². The molecule has 0 unspecified atom stereocenters. The van der Waals surface area contributed by atoms with Gasteiger partial charge in [0.15, 0.2) is 0 Å². The van der Waals surface area contributed by atoms with Gasteiger partial charge >= 0.3 is 11.9 Å². The molecule has 2 N–H and O–H groups in total. The van der Waals surface area contributed by atoms with Crippen molar-refractivity contribution in [2.75, 3.05) is 32.8 Å². The molecule has 0 atom stereocenters. The molecule has 0 spiro atoms. The number of carboxylic acid groups (broad SMARTS) is 2. The second kappa shape index (κ2) is 12.3. The molecule has 7 nitrogen and oxygen atoms in total. The summed E-state index contributed by atoms with van der Waals surface area (Å²) in [5, 5.41) is 17.5. The maximum atomic E-state index is 13.3. The van der Waals surface area contributed by atoms with Crippen molar-refractivity contribution >= 4 is 34.4 Å². The van der Waals surface area contributed by atoms with Gasteiger partial charge in [0.25, 0.3) is 0 Å². The number of carboxylic acids is 2. The molecule has 1 aromatic heterocycles. The number of morpholine rings is 1. The van der Waals surface area contributed by atoms with Crippen LogP contribution in [0.3, 0.4) is 0 Å². The van der Waals surface area contributed by atoms with Gasteiger partial charge in [0.05, 0.1) is 18.7 Å². The van der Waals surface area contributed by atoms with Gasteiger partial charge in [-0.05, 0) is 67.4 Å². The molecule has 0 bridgehead atoms. The largest absolute Gasteiger partial charge is 0.478 e. The molecule has 1 fully saturated rings. The summed E-state index contributed by atoms with van der Waals surface area (Å²) in [6.45, 7) is 4.78. The number of aliphatic carboxylic acids is 2. The van der Waals surface area contributed by atoms with Gasteiger partial charge in [0, 0.05) is 47.5 Å². The van der Waals surface area contributed by atoms with Gasteiger partial charge in [-0.25, -0.2) is 14.0 Å². The lowest BCUT2D eigenvalue weighted by Gasteiger charge is -2.26. The van der Waals surface area contributed by atoms with E-state index in [2.05, 4.69) is 15.7 Å². The average molecular weight is 489 g/mol. The first-order chi connectivity index (χ1) is 16.3. The van der Waals surface area contributed by atoms with Crippen LogP contribution >= 0.6 is 11.6 Å². The first-order valence-electron chi connectivity index (χ1n) is 10.8. The Morgan fingerprint density at radius 1 is 1.03 bits per heavy atom. The standard InChI is InChI=1S/C21H22ClFN2O.C4H4O4/c22-17-3-8-21-20(14-17)16(2-1-9-24-10-12-26-13-11-24)15-25(21)19-6-4-18(23)5-7-19;5-3(6)1-2-4(7)8/h3-8,14-15H,1-2,9-13H2;1-2H,(H,5,6)(H,7,8)/b;2-1-. The molecule has 1 aliphatic rings. The van der Waals surface area contributed by atoms with Crippen molar-refractivity contribution in [3.8, 4) is 5.69 Å². The molecular formula is C25H26ClFN2O5. The van der Waals surface area contributed by atoms with E-state index in [1.54, 1.807) is 12.1 Å². The Bertz CT molecular complexity index is 1140. The van der Waals surface area contributed by atoms with E-state index >= 15 is 0 Å². The number of fused-ring (bicyclic) bond motifs is 1. The third-order valence-electron chi connectivity index (χ3n) is 5.35. The van der Waals surface area contributed by atoms with Crippen LogP contribution in [0.4, 0.5) is 4.39 Å². The van der Waals surface area contributed by atoms with E-state index in [4.69, 9.17) is 26.6 Å². The summed E-state index contributed by atoms with van der Waals surface area (Å²) in [4.78, 5) is 21.6. The van der Waals surface area contributed by atoms with Crippen LogP contribution in [0, 0.1) is 5.82 Å². The highest BCUT2D eigenvalue weighted by atomic mass is 35.5. The maximum absolute atomic E-state index is 13.3. The normalized spacial score (nSPS) is 14.2.